The van der Waals surface area contributed by atoms with Crippen LogP contribution in [0.2, 0.25) is 5.28 Å². The van der Waals surface area contributed by atoms with E-state index in [1.165, 1.54) is 17.4 Å². The minimum Gasteiger partial charge on any atom is -0.396 e. The molecule has 0 aliphatic rings. The van der Waals surface area contributed by atoms with Crippen molar-refractivity contribution in [2.45, 2.75) is 13.8 Å². The lowest BCUT2D eigenvalue weighted by molar-refractivity contribution is 0.635. The molecule has 0 unspecified atom stereocenters. The van der Waals surface area contributed by atoms with Gasteiger partial charge in [0.1, 0.15) is 5.01 Å². The van der Waals surface area contributed by atoms with E-state index in [1.807, 2.05) is 44.2 Å². The molecule has 4 rings (SSSR count). The van der Waals surface area contributed by atoms with Crippen molar-refractivity contribution in [3.63, 3.8) is 0 Å². The lowest BCUT2D eigenvalue weighted by Gasteiger charge is -2.05. The Labute approximate surface area is 171 Å². The predicted octanol–water partition coefficient (Wildman–Crippen LogP) is 6.34. The highest BCUT2D eigenvalue weighted by atomic mass is 35.5. The first kappa shape index (κ1) is 19.9. The largest absolute Gasteiger partial charge is 0.396 e. The molecule has 4 nitrogen and oxygen atoms in total. The summed E-state index contributed by atoms with van der Waals surface area (Å²) in [6.45, 7) is 4.00. The van der Waals surface area contributed by atoms with Gasteiger partial charge in [-0.1, -0.05) is 50.2 Å². The SMILES string of the molecule is CC.Nc1cccc(-c2nc(-c3ccccc3)sc2-c2ccnc(Cl)n2)c1F. The molecule has 2 aromatic carbocycles. The number of benzene rings is 2. The molecule has 2 aromatic heterocycles. The van der Waals surface area contributed by atoms with Crippen molar-refractivity contribution in [1.29, 1.82) is 0 Å². The van der Waals surface area contributed by atoms with E-state index in [1.54, 1.807) is 24.4 Å². The second-order valence-corrected chi connectivity index (χ2v) is 6.82. The molecule has 0 radical (unpaired) electrons. The summed E-state index contributed by atoms with van der Waals surface area (Å²) >= 11 is 7.36. The third-order valence-corrected chi connectivity index (χ3v) is 5.10. The highest BCUT2D eigenvalue weighted by Gasteiger charge is 2.20. The molecule has 0 spiro atoms. The van der Waals surface area contributed by atoms with Crippen LogP contribution >= 0.6 is 22.9 Å². The van der Waals surface area contributed by atoms with Crippen LogP contribution in [0.25, 0.3) is 32.4 Å². The summed E-state index contributed by atoms with van der Waals surface area (Å²) in [5.74, 6) is -0.501. The number of anilines is 1. The van der Waals surface area contributed by atoms with Crippen molar-refractivity contribution in [1.82, 2.24) is 15.0 Å². The van der Waals surface area contributed by atoms with Crippen LogP contribution in [-0.2, 0) is 0 Å². The van der Waals surface area contributed by atoms with E-state index < -0.39 is 5.82 Å². The van der Waals surface area contributed by atoms with Gasteiger partial charge in [-0.15, -0.1) is 11.3 Å². The molecule has 4 aromatic rings. The van der Waals surface area contributed by atoms with Crippen LogP contribution in [0.1, 0.15) is 13.8 Å². The van der Waals surface area contributed by atoms with Gasteiger partial charge in [-0.25, -0.2) is 19.3 Å². The van der Waals surface area contributed by atoms with Gasteiger partial charge in [-0.05, 0) is 29.8 Å². The monoisotopic (exact) mass is 412 g/mol. The maximum Gasteiger partial charge on any atom is 0.222 e. The fraction of sp³-hybridized carbons (Fsp3) is 0.0952. The average molecular weight is 413 g/mol. The molecule has 2 N–H and O–H groups in total. The zero-order valence-corrected chi connectivity index (χ0v) is 16.9. The Morgan fingerprint density at radius 1 is 0.964 bits per heavy atom. The molecule has 28 heavy (non-hydrogen) atoms. The summed E-state index contributed by atoms with van der Waals surface area (Å²) in [7, 11) is 0. The molecule has 0 fully saturated rings. The molecule has 2 heterocycles. The van der Waals surface area contributed by atoms with Crippen molar-refractivity contribution >= 4 is 28.6 Å². The van der Waals surface area contributed by atoms with Gasteiger partial charge in [-0.3, -0.25) is 0 Å². The Bertz CT molecular complexity index is 1080. The lowest BCUT2D eigenvalue weighted by atomic mass is 10.1. The van der Waals surface area contributed by atoms with E-state index in [4.69, 9.17) is 17.3 Å². The highest BCUT2D eigenvalue weighted by molar-refractivity contribution is 7.18. The van der Waals surface area contributed by atoms with Gasteiger partial charge in [0.15, 0.2) is 5.82 Å². The molecule has 0 amide bonds. The number of aromatic nitrogens is 3. The van der Waals surface area contributed by atoms with Crippen molar-refractivity contribution in [2.75, 3.05) is 5.73 Å². The van der Waals surface area contributed by atoms with Crippen LogP contribution < -0.4 is 5.73 Å². The van der Waals surface area contributed by atoms with Crippen LogP contribution in [0.5, 0.6) is 0 Å². The van der Waals surface area contributed by atoms with Crippen molar-refractivity contribution in [3.8, 4) is 32.4 Å². The first-order valence-electron chi connectivity index (χ1n) is 8.73. The summed E-state index contributed by atoms with van der Waals surface area (Å²) in [6.07, 6.45) is 1.56. The summed E-state index contributed by atoms with van der Waals surface area (Å²) in [5, 5.41) is 0.878. The standard InChI is InChI=1S/C19H12ClFN4S.C2H6/c20-19-23-10-9-14(24-19)17-16(12-7-4-8-13(22)15(12)21)25-18(26-17)11-5-2-1-3-6-11;1-2/h1-10H,22H2;1-2H3. The topological polar surface area (TPSA) is 64.7 Å². The van der Waals surface area contributed by atoms with Crippen LogP contribution in [0.15, 0.2) is 60.8 Å². The van der Waals surface area contributed by atoms with Crippen LogP contribution in [0.3, 0.4) is 0 Å². The molecule has 142 valence electrons. The number of nitrogens with two attached hydrogens (primary N) is 1. The molecule has 0 saturated carbocycles. The Morgan fingerprint density at radius 3 is 2.43 bits per heavy atom. The third-order valence-electron chi connectivity index (χ3n) is 3.79. The smallest absolute Gasteiger partial charge is 0.222 e. The summed E-state index contributed by atoms with van der Waals surface area (Å²) in [6, 6.07) is 16.3. The number of hydrogen-bond acceptors (Lipinski definition) is 5. The molecular formula is C21H18ClFN4S. The first-order chi connectivity index (χ1) is 13.6. The van der Waals surface area contributed by atoms with E-state index in [0.29, 0.717) is 21.8 Å². The molecular weight excluding hydrogens is 395 g/mol. The summed E-state index contributed by atoms with van der Waals surface area (Å²) in [4.78, 5) is 13.6. The third kappa shape index (κ3) is 4.03. The van der Waals surface area contributed by atoms with E-state index in [9.17, 15) is 4.39 Å². The zero-order valence-electron chi connectivity index (χ0n) is 15.4. The number of nitrogen functional groups attached to an aromatic ring is 1. The quantitative estimate of drug-likeness (QED) is 0.315. The Morgan fingerprint density at radius 2 is 1.71 bits per heavy atom. The van der Waals surface area contributed by atoms with Crippen LogP contribution in [0, 0.1) is 5.82 Å². The van der Waals surface area contributed by atoms with Gasteiger partial charge >= 0.3 is 0 Å². The Balaban J connectivity index is 0.00000109. The molecule has 0 aliphatic carbocycles. The van der Waals surface area contributed by atoms with E-state index >= 15 is 0 Å². The number of nitrogens with zero attached hydrogens (tertiary/aromatic N) is 3. The average Bonchev–Trinajstić information content (AvgIpc) is 3.17. The van der Waals surface area contributed by atoms with Gasteiger partial charge < -0.3 is 5.73 Å². The van der Waals surface area contributed by atoms with E-state index in [-0.39, 0.29) is 11.0 Å². The van der Waals surface area contributed by atoms with Crippen LogP contribution in [-0.4, -0.2) is 15.0 Å². The molecule has 0 aliphatic heterocycles. The number of thiazole rings is 1. The minimum atomic E-state index is -0.501. The lowest BCUT2D eigenvalue weighted by Crippen LogP contribution is -1.95. The molecule has 0 atom stereocenters. The second-order valence-electron chi connectivity index (χ2n) is 5.48. The van der Waals surface area contributed by atoms with Crippen molar-refractivity contribution < 1.29 is 4.39 Å². The van der Waals surface area contributed by atoms with E-state index in [2.05, 4.69) is 15.0 Å². The summed E-state index contributed by atoms with van der Waals surface area (Å²) in [5.41, 5.74) is 8.15. The Hall–Kier alpha value is -2.83. The fourth-order valence-electron chi connectivity index (χ4n) is 2.57. The van der Waals surface area contributed by atoms with Gasteiger partial charge in [0, 0.05) is 17.3 Å². The predicted molar refractivity (Wildman–Crippen MR) is 115 cm³/mol. The normalized spacial score (nSPS) is 10.3. The van der Waals surface area contributed by atoms with E-state index in [0.717, 1.165) is 10.6 Å². The fourth-order valence-corrected chi connectivity index (χ4v) is 3.78. The minimum absolute atomic E-state index is 0.0726. The first-order valence-corrected chi connectivity index (χ1v) is 9.92. The highest BCUT2D eigenvalue weighted by Crippen LogP contribution is 2.41. The summed E-state index contributed by atoms with van der Waals surface area (Å²) < 4.78 is 14.7. The van der Waals surface area contributed by atoms with Crippen molar-refractivity contribution in [3.05, 3.63) is 71.9 Å². The molecule has 0 saturated heterocycles. The Kier molecular flexibility index (Phi) is 6.34. The zero-order chi connectivity index (χ0) is 20.1. The maximum absolute atomic E-state index is 14.7. The second kappa shape index (κ2) is 8.91. The number of hydrogen-bond donors (Lipinski definition) is 1. The van der Waals surface area contributed by atoms with Gasteiger partial charge in [0.2, 0.25) is 5.28 Å². The molecule has 0 bridgehead atoms. The van der Waals surface area contributed by atoms with Gasteiger partial charge in [0.05, 0.1) is 22.0 Å². The van der Waals surface area contributed by atoms with Gasteiger partial charge in [0.25, 0.3) is 0 Å². The number of halogens is 2. The maximum atomic E-state index is 14.7. The van der Waals surface area contributed by atoms with Crippen LogP contribution in [0.4, 0.5) is 10.1 Å². The van der Waals surface area contributed by atoms with Crippen molar-refractivity contribution in [2.24, 2.45) is 0 Å². The molecule has 7 heteroatoms. The van der Waals surface area contributed by atoms with Gasteiger partial charge in [-0.2, -0.15) is 0 Å². The number of rotatable bonds is 3.